The van der Waals surface area contributed by atoms with Gasteiger partial charge in [0.25, 0.3) is 0 Å². The molecule has 112 valence electrons. The van der Waals surface area contributed by atoms with Gasteiger partial charge in [0.2, 0.25) is 0 Å². The molecule has 0 saturated carbocycles. The van der Waals surface area contributed by atoms with E-state index in [2.05, 4.69) is 23.4 Å². The van der Waals surface area contributed by atoms with E-state index in [0.29, 0.717) is 12.5 Å². The zero-order valence-corrected chi connectivity index (χ0v) is 12.5. The molecule has 1 aromatic rings. The minimum atomic E-state index is -0.169. The predicted molar refractivity (Wildman–Crippen MR) is 77.7 cm³/mol. The van der Waals surface area contributed by atoms with Crippen molar-refractivity contribution in [2.45, 2.75) is 52.0 Å². The molecule has 0 N–H and O–H groups in total. The second-order valence-electron chi connectivity index (χ2n) is 5.32. The van der Waals surface area contributed by atoms with E-state index in [1.165, 1.54) is 0 Å². The number of rotatable bonds is 5. The van der Waals surface area contributed by atoms with Crippen molar-refractivity contribution in [1.29, 1.82) is 0 Å². The molecule has 1 amide bonds. The van der Waals surface area contributed by atoms with Gasteiger partial charge in [-0.15, -0.1) is 0 Å². The summed E-state index contributed by atoms with van der Waals surface area (Å²) in [7, 11) is 0. The summed E-state index contributed by atoms with van der Waals surface area (Å²) in [4.78, 5) is 18.3. The van der Waals surface area contributed by atoms with Crippen LogP contribution in [0.25, 0.3) is 0 Å². The molecular weight excluding hydrogens is 254 g/mol. The van der Waals surface area contributed by atoms with Crippen molar-refractivity contribution < 1.29 is 9.53 Å². The van der Waals surface area contributed by atoms with Crippen LogP contribution in [-0.4, -0.2) is 40.2 Å². The molecule has 1 fully saturated rings. The van der Waals surface area contributed by atoms with E-state index >= 15 is 0 Å². The molecule has 1 unspecified atom stereocenters. The lowest BCUT2D eigenvalue weighted by Crippen LogP contribution is -2.40. The van der Waals surface area contributed by atoms with Gasteiger partial charge in [-0.25, -0.2) is 9.78 Å². The van der Waals surface area contributed by atoms with Gasteiger partial charge < -0.3 is 14.2 Å². The molecule has 5 heteroatoms. The van der Waals surface area contributed by atoms with Gasteiger partial charge in [0, 0.05) is 37.9 Å². The Balaban J connectivity index is 1.93. The maximum atomic E-state index is 12.0. The van der Waals surface area contributed by atoms with Crippen molar-refractivity contribution >= 4 is 6.09 Å². The quantitative estimate of drug-likeness (QED) is 0.778. The summed E-state index contributed by atoms with van der Waals surface area (Å²) < 4.78 is 7.47. The lowest BCUT2D eigenvalue weighted by Gasteiger charge is -2.31. The third-order valence-electron chi connectivity index (χ3n) is 3.86. The molecule has 0 aliphatic carbocycles. The highest BCUT2D eigenvalue weighted by molar-refractivity contribution is 5.67. The van der Waals surface area contributed by atoms with Gasteiger partial charge in [-0.05, 0) is 26.2 Å². The Bertz CT molecular complexity index is 431. The number of imidazole rings is 1. The summed E-state index contributed by atoms with van der Waals surface area (Å²) in [5, 5.41) is 0. The number of carbonyl (C=O) groups excluding carboxylic acids is 1. The molecule has 2 heterocycles. The lowest BCUT2D eigenvalue weighted by molar-refractivity contribution is 0.0896. The number of nitrogens with zero attached hydrogens (tertiary/aromatic N) is 3. The number of hydrogen-bond acceptors (Lipinski definition) is 3. The van der Waals surface area contributed by atoms with E-state index in [1.807, 2.05) is 17.3 Å². The Morgan fingerprint density at radius 2 is 2.35 bits per heavy atom. The first-order chi connectivity index (χ1) is 9.76. The number of piperidine rings is 1. The molecule has 1 aliphatic heterocycles. The second kappa shape index (κ2) is 7.31. The number of likely N-dealkylation sites (tertiary alicyclic amines) is 1. The van der Waals surface area contributed by atoms with Crippen LogP contribution in [0.15, 0.2) is 12.4 Å². The van der Waals surface area contributed by atoms with Crippen molar-refractivity contribution in [2.24, 2.45) is 0 Å². The van der Waals surface area contributed by atoms with Gasteiger partial charge in [0.05, 0.1) is 6.61 Å². The van der Waals surface area contributed by atoms with Crippen molar-refractivity contribution in [3.63, 3.8) is 0 Å². The average Bonchev–Trinajstić information content (AvgIpc) is 2.96. The summed E-state index contributed by atoms with van der Waals surface area (Å²) >= 11 is 0. The van der Waals surface area contributed by atoms with Gasteiger partial charge in [-0.1, -0.05) is 13.3 Å². The lowest BCUT2D eigenvalue weighted by atomic mass is 9.97. The zero-order chi connectivity index (χ0) is 14.4. The fourth-order valence-corrected chi connectivity index (χ4v) is 2.70. The number of unbranched alkanes of at least 4 members (excludes halogenated alkanes) is 1. The standard InChI is InChI=1S/C15H25N3O2/c1-3-5-11-20-15(19)18-9-6-7-13(12-18)14-16-8-10-17(14)4-2/h8,10,13H,3-7,9,11-12H2,1-2H3. The van der Waals surface area contributed by atoms with Gasteiger partial charge in [-0.3, -0.25) is 0 Å². The van der Waals surface area contributed by atoms with E-state index in [-0.39, 0.29) is 6.09 Å². The van der Waals surface area contributed by atoms with Crippen molar-refractivity contribution in [3.05, 3.63) is 18.2 Å². The Morgan fingerprint density at radius 3 is 3.10 bits per heavy atom. The molecule has 1 saturated heterocycles. The topological polar surface area (TPSA) is 47.4 Å². The third-order valence-corrected chi connectivity index (χ3v) is 3.86. The summed E-state index contributed by atoms with van der Waals surface area (Å²) in [6.07, 6.45) is 7.77. The highest BCUT2D eigenvalue weighted by Crippen LogP contribution is 2.26. The fourth-order valence-electron chi connectivity index (χ4n) is 2.70. The van der Waals surface area contributed by atoms with Crippen LogP contribution in [0, 0.1) is 0 Å². The van der Waals surface area contributed by atoms with Crippen LogP contribution in [-0.2, 0) is 11.3 Å². The van der Waals surface area contributed by atoms with Crippen molar-refractivity contribution in [3.8, 4) is 0 Å². The largest absolute Gasteiger partial charge is 0.449 e. The van der Waals surface area contributed by atoms with E-state index in [4.69, 9.17) is 4.74 Å². The predicted octanol–water partition coefficient (Wildman–Crippen LogP) is 3.02. The molecule has 1 aliphatic rings. The van der Waals surface area contributed by atoms with Gasteiger partial charge in [0.15, 0.2) is 0 Å². The van der Waals surface area contributed by atoms with E-state index in [1.54, 1.807) is 0 Å². The molecule has 0 aromatic carbocycles. The molecule has 0 radical (unpaired) electrons. The van der Waals surface area contributed by atoms with E-state index < -0.39 is 0 Å². The van der Waals surface area contributed by atoms with Crippen molar-refractivity contribution in [1.82, 2.24) is 14.5 Å². The summed E-state index contributed by atoms with van der Waals surface area (Å²) in [5.41, 5.74) is 0. The molecule has 20 heavy (non-hydrogen) atoms. The number of hydrogen-bond donors (Lipinski definition) is 0. The van der Waals surface area contributed by atoms with Crippen LogP contribution in [0.5, 0.6) is 0 Å². The molecule has 0 bridgehead atoms. The maximum Gasteiger partial charge on any atom is 0.409 e. The SMILES string of the molecule is CCCCOC(=O)N1CCCC(c2nccn2CC)C1. The summed E-state index contributed by atoms with van der Waals surface area (Å²) in [6.45, 7) is 7.18. The summed E-state index contributed by atoms with van der Waals surface area (Å²) in [5.74, 6) is 1.43. The van der Waals surface area contributed by atoms with Crippen LogP contribution < -0.4 is 0 Å². The van der Waals surface area contributed by atoms with Crippen LogP contribution in [0.2, 0.25) is 0 Å². The molecule has 1 aromatic heterocycles. The smallest absolute Gasteiger partial charge is 0.409 e. The minimum absolute atomic E-state index is 0.169. The normalized spacial score (nSPS) is 19.1. The Hall–Kier alpha value is -1.52. The zero-order valence-electron chi connectivity index (χ0n) is 12.5. The molecule has 5 nitrogen and oxygen atoms in total. The Kier molecular flexibility index (Phi) is 5.44. The van der Waals surface area contributed by atoms with Crippen LogP contribution in [0.1, 0.15) is 51.3 Å². The molecular formula is C15H25N3O2. The maximum absolute atomic E-state index is 12.0. The van der Waals surface area contributed by atoms with Gasteiger partial charge in [-0.2, -0.15) is 0 Å². The monoisotopic (exact) mass is 279 g/mol. The van der Waals surface area contributed by atoms with Gasteiger partial charge >= 0.3 is 6.09 Å². The number of aryl methyl sites for hydroxylation is 1. The number of ether oxygens (including phenoxy) is 1. The first kappa shape index (κ1) is 14.9. The van der Waals surface area contributed by atoms with E-state index in [0.717, 1.165) is 51.1 Å². The van der Waals surface area contributed by atoms with Crippen LogP contribution in [0.4, 0.5) is 4.79 Å². The molecule has 0 spiro atoms. The molecule has 2 rings (SSSR count). The number of amides is 1. The number of aromatic nitrogens is 2. The highest BCUT2D eigenvalue weighted by Gasteiger charge is 2.27. The third kappa shape index (κ3) is 3.52. The van der Waals surface area contributed by atoms with E-state index in [9.17, 15) is 4.79 Å². The fraction of sp³-hybridized carbons (Fsp3) is 0.733. The average molecular weight is 279 g/mol. The van der Waals surface area contributed by atoms with Crippen LogP contribution >= 0.6 is 0 Å². The first-order valence-electron chi connectivity index (χ1n) is 7.69. The van der Waals surface area contributed by atoms with Gasteiger partial charge in [0.1, 0.15) is 5.82 Å². The summed E-state index contributed by atoms with van der Waals surface area (Å²) in [6, 6.07) is 0. The minimum Gasteiger partial charge on any atom is -0.449 e. The highest BCUT2D eigenvalue weighted by atomic mass is 16.6. The Labute approximate surface area is 120 Å². The first-order valence-corrected chi connectivity index (χ1v) is 7.69. The van der Waals surface area contributed by atoms with Crippen molar-refractivity contribution in [2.75, 3.05) is 19.7 Å². The second-order valence-corrected chi connectivity index (χ2v) is 5.32. The molecule has 1 atom stereocenters. The number of carbonyl (C=O) groups is 1. The Morgan fingerprint density at radius 1 is 1.50 bits per heavy atom. The van der Waals surface area contributed by atoms with Crippen LogP contribution in [0.3, 0.4) is 0 Å².